The number of methoxy groups -OCH3 is 1. The first-order chi connectivity index (χ1) is 18.6. The molecule has 1 atom stereocenters. The number of halogens is 1. The van der Waals surface area contributed by atoms with Crippen LogP contribution in [0, 0.1) is 5.82 Å². The molecule has 10 heteroatoms. The number of piperidine rings is 1. The van der Waals surface area contributed by atoms with Gasteiger partial charge in [-0.3, -0.25) is 9.59 Å². The largest absolute Gasteiger partial charge is 0.497 e. The molecule has 0 bridgehead atoms. The number of aliphatic carboxylic acids is 1. The number of carbonyl (C=O) groups excluding carboxylic acids is 2. The Morgan fingerprint density at radius 3 is 2.51 bits per heavy atom. The molecule has 5 rings (SSSR count). The highest BCUT2D eigenvalue weighted by Crippen LogP contribution is 2.51. The van der Waals surface area contributed by atoms with Gasteiger partial charge >= 0.3 is 12.0 Å². The summed E-state index contributed by atoms with van der Waals surface area (Å²) in [6.45, 7) is 2.82. The summed E-state index contributed by atoms with van der Waals surface area (Å²) in [5, 5.41) is 13.2. The van der Waals surface area contributed by atoms with Crippen molar-refractivity contribution < 1.29 is 28.6 Å². The number of carboxylic acids is 1. The average Bonchev–Trinajstić information content (AvgIpc) is 3.22. The normalized spacial score (nSPS) is 18.2. The molecular formula is C29H33FN4O5. The van der Waals surface area contributed by atoms with E-state index in [4.69, 9.17) is 4.74 Å². The summed E-state index contributed by atoms with van der Waals surface area (Å²) < 4.78 is 21.7. The van der Waals surface area contributed by atoms with Crippen LogP contribution < -0.4 is 10.1 Å². The molecule has 1 aromatic heterocycles. The van der Waals surface area contributed by atoms with Crippen molar-refractivity contribution in [3.63, 3.8) is 0 Å². The molecule has 0 aliphatic carbocycles. The van der Waals surface area contributed by atoms with Gasteiger partial charge in [-0.1, -0.05) is 12.1 Å². The number of para-hydroxylation sites is 1. The number of hydrogen-bond acceptors (Lipinski definition) is 4. The maximum absolute atomic E-state index is 14.1. The van der Waals surface area contributed by atoms with Crippen molar-refractivity contribution in [2.45, 2.75) is 44.1 Å². The summed E-state index contributed by atoms with van der Waals surface area (Å²) in [4.78, 5) is 41.0. The standard InChI is InChI=1S/C29H33FN4O5/c1-18(35)34-17-29(12-14-33(15-13-29)28(38)31-22-7-5-4-6-21(22)30)26-20-9-8-19(39-3)16-24(20)32(2)27(26)23(34)10-11-25(36)37/h4-9,16,23H,10-15,17H2,1-3H3,(H,31,38)(H,36,37)/t23-/m1/s1. The van der Waals surface area contributed by atoms with Gasteiger partial charge in [0.1, 0.15) is 11.6 Å². The molecule has 1 spiro atoms. The summed E-state index contributed by atoms with van der Waals surface area (Å²) in [5.41, 5.74) is 2.71. The van der Waals surface area contributed by atoms with Crippen LogP contribution >= 0.6 is 0 Å². The van der Waals surface area contributed by atoms with Crippen molar-refractivity contribution in [1.29, 1.82) is 0 Å². The first kappa shape index (κ1) is 26.5. The number of hydrogen-bond donors (Lipinski definition) is 2. The monoisotopic (exact) mass is 536 g/mol. The third-order valence-electron chi connectivity index (χ3n) is 8.31. The molecule has 2 N–H and O–H groups in total. The van der Waals surface area contributed by atoms with Gasteiger partial charge in [0, 0.05) is 62.6 Å². The van der Waals surface area contributed by atoms with Crippen LogP contribution in [0.15, 0.2) is 42.5 Å². The zero-order valence-corrected chi connectivity index (χ0v) is 22.4. The molecule has 0 unspecified atom stereocenters. The second kappa shape index (κ2) is 10.2. The van der Waals surface area contributed by atoms with Gasteiger partial charge < -0.3 is 29.5 Å². The molecule has 2 aliphatic heterocycles. The lowest BCUT2D eigenvalue weighted by atomic mass is 9.67. The predicted molar refractivity (Wildman–Crippen MR) is 144 cm³/mol. The number of rotatable bonds is 5. The highest BCUT2D eigenvalue weighted by Gasteiger charge is 2.49. The molecule has 9 nitrogen and oxygen atoms in total. The van der Waals surface area contributed by atoms with E-state index in [9.17, 15) is 23.9 Å². The molecule has 1 saturated heterocycles. The molecule has 1 fully saturated rings. The quantitative estimate of drug-likeness (QED) is 0.494. The summed E-state index contributed by atoms with van der Waals surface area (Å²) in [6.07, 6.45) is 1.45. The fourth-order valence-corrected chi connectivity index (χ4v) is 6.36. The van der Waals surface area contributed by atoms with Gasteiger partial charge in [-0.2, -0.15) is 0 Å². The maximum atomic E-state index is 14.1. The van der Waals surface area contributed by atoms with Crippen molar-refractivity contribution in [2.24, 2.45) is 7.05 Å². The summed E-state index contributed by atoms with van der Waals surface area (Å²) in [6, 6.07) is 11.2. The molecule has 2 aliphatic rings. The minimum atomic E-state index is -0.907. The first-order valence-corrected chi connectivity index (χ1v) is 13.1. The number of benzene rings is 2. The number of nitrogens with one attached hydrogen (secondary N) is 1. The van der Waals surface area contributed by atoms with Crippen molar-refractivity contribution >= 4 is 34.5 Å². The van der Waals surface area contributed by atoms with E-state index in [0.29, 0.717) is 44.6 Å². The van der Waals surface area contributed by atoms with Crippen LogP contribution in [0.2, 0.25) is 0 Å². The highest BCUT2D eigenvalue weighted by molar-refractivity contribution is 5.91. The third kappa shape index (κ3) is 4.68. The van der Waals surface area contributed by atoms with Gasteiger partial charge in [-0.05, 0) is 49.1 Å². The number of carbonyl (C=O) groups is 3. The van der Waals surface area contributed by atoms with Crippen LogP contribution in [-0.4, -0.2) is 64.1 Å². The van der Waals surface area contributed by atoms with Gasteiger partial charge in [0.25, 0.3) is 0 Å². The number of fused-ring (bicyclic) bond motifs is 4. The van der Waals surface area contributed by atoms with E-state index in [1.54, 1.807) is 29.0 Å². The van der Waals surface area contributed by atoms with Crippen LogP contribution in [0.1, 0.15) is 49.9 Å². The number of amides is 3. The molecular weight excluding hydrogens is 503 g/mol. The van der Waals surface area contributed by atoms with E-state index in [1.807, 2.05) is 25.2 Å². The minimum absolute atomic E-state index is 0.0598. The highest BCUT2D eigenvalue weighted by atomic mass is 19.1. The van der Waals surface area contributed by atoms with Crippen LogP contribution in [0.25, 0.3) is 10.9 Å². The SMILES string of the molecule is COc1ccc2c3c(n(C)c2c1)[C@@H](CCC(=O)O)N(C(C)=O)CC31CCN(C(=O)Nc2ccccc2F)CC1. The lowest BCUT2D eigenvalue weighted by Crippen LogP contribution is -2.55. The van der Waals surface area contributed by atoms with Crippen LogP contribution in [0.5, 0.6) is 5.75 Å². The Hall–Kier alpha value is -4.08. The molecule has 3 amide bonds. The first-order valence-electron chi connectivity index (χ1n) is 13.1. The molecule has 39 heavy (non-hydrogen) atoms. The number of anilines is 1. The molecule has 206 valence electrons. The number of ether oxygens (including phenoxy) is 1. The predicted octanol–water partition coefficient (Wildman–Crippen LogP) is 4.66. The summed E-state index contributed by atoms with van der Waals surface area (Å²) in [5.74, 6) is -0.806. The Kier molecular flexibility index (Phi) is 6.96. The van der Waals surface area contributed by atoms with E-state index >= 15 is 0 Å². The maximum Gasteiger partial charge on any atom is 0.321 e. The Balaban J connectivity index is 1.53. The summed E-state index contributed by atoms with van der Waals surface area (Å²) in [7, 11) is 3.56. The van der Waals surface area contributed by atoms with Crippen LogP contribution in [0.3, 0.4) is 0 Å². The molecule has 0 saturated carbocycles. The van der Waals surface area contributed by atoms with Crippen molar-refractivity contribution in [1.82, 2.24) is 14.4 Å². The molecule has 2 aromatic carbocycles. The fourth-order valence-electron chi connectivity index (χ4n) is 6.36. The lowest BCUT2D eigenvalue weighted by Gasteiger charge is -2.50. The zero-order valence-electron chi connectivity index (χ0n) is 22.4. The Bertz CT molecular complexity index is 1440. The third-order valence-corrected chi connectivity index (χ3v) is 8.31. The second-order valence-electron chi connectivity index (χ2n) is 10.5. The van der Waals surface area contributed by atoms with Crippen LogP contribution in [0.4, 0.5) is 14.9 Å². The van der Waals surface area contributed by atoms with Gasteiger partial charge in [-0.15, -0.1) is 0 Å². The number of likely N-dealkylation sites (tertiary alicyclic amines) is 1. The van der Waals surface area contributed by atoms with Crippen molar-refractivity contribution in [3.8, 4) is 5.75 Å². The average molecular weight is 537 g/mol. The number of urea groups is 1. The van der Waals surface area contributed by atoms with E-state index in [-0.39, 0.29) is 30.1 Å². The number of aromatic nitrogens is 1. The van der Waals surface area contributed by atoms with Gasteiger partial charge in [0.2, 0.25) is 5.91 Å². The Morgan fingerprint density at radius 2 is 1.87 bits per heavy atom. The second-order valence-corrected chi connectivity index (χ2v) is 10.5. The molecule has 0 radical (unpaired) electrons. The smallest absolute Gasteiger partial charge is 0.321 e. The molecule has 3 heterocycles. The van der Waals surface area contributed by atoms with E-state index in [0.717, 1.165) is 22.2 Å². The Morgan fingerprint density at radius 1 is 1.15 bits per heavy atom. The molecule has 3 aromatic rings. The number of aryl methyl sites for hydroxylation is 1. The Labute approximate surface area is 226 Å². The van der Waals surface area contributed by atoms with E-state index in [2.05, 4.69) is 9.88 Å². The van der Waals surface area contributed by atoms with Gasteiger partial charge in [-0.25, -0.2) is 9.18 Å². The van der Waals surface area contributed by atoms with E-state index in [1.165, 1.54) is 19.1 Å². The number of carboxylic acid groups (broad SMARTS) is 1. The topological polar surface area (TPSA) is 104 Å². The lowest BCUT2D eigenvalue weighted by molar-refractivity contribution is -0.139. The zero-order chi connectivity index (χ0) is 27.9. The van der Waals surface area contributed by atoms with Crippen LogP contribution in [-0.2, 0) is 22.1 Å². The van der Waals surface area contributed by atoms with Gasteiger partial charge in [0.05, 0.1) is 24.4 Å². The van der Waals surface area contributed by atoms with Gasteiger partial charge in [0.15, 0.2) is 0 Å². The van der Waals surface area contributed by atoms with Crippen molar-refractivity contribution in [2.75, 3.05) is 32.1 Å². The summed E-state index contributed by atoms with van der Waals surface area (Å²) >= 11 is 0. The fraction of sp³-hybridized carbons (Fsp3) is 0.414. The number of nitrogens with zero attached hydrogens (tertiary/aromatic N) is 3. The minimum Gasteiger partial charge on any atom is -0.497 e. The van der Waals surface area contributed by atoms with E-state index < -0.39 is 17.2 Å². The van der Waals surface area contributed by atoms with Crippen molar-refractivity contribution in [3.05, 3.63) is 59.5 Å².